The minimum absolute atomic E-state index is 0.229. The van der Waals surface area contributed by atoms with Crippen molar-refractivity contribution in [1.82, 2.24) is 0 Å². The van der Waals surface area contributed by atoms with E-state index in [1.807, 2.05) is 44.2 Å². The Bertz CT molecular complexity index is 614. The molecule has 0 aromatic heterocycles. The van der Waals surface area contributed by atoms with Crippen molar-refractivity contribution in [3.8, 4) is 0 Å². The second kappa shape index (κ2) is 7.59. The van der Waals surface area contributed by atoms with Gasteiger partial charge in [0.2, 0.25) is 5.90 Å². The van der Waals surface area contributed by atoms with Crippen LogP contribution in [0.1, 0.15) is 32.3 Å². The summed E-state index contributed by atoms with van der Waals surface area (Å²) in [7, 11) is 0. The van der Waals surface area contributed by atoms with Crippen LogP contribution in [0.3, 0.4) is 0 Å². The van der Waals surface area contributed by atoms with Gasteiger partial charge in [-0.25, -0.2) is 9.79 Å². The highest BCUT2D eigenvalue weighted by Crippen LogP contribution is 2.19. The van der Waals surface area contributed by atoms with Gasteiger partial charge in [0.25, 0.3) is 0 Å². The average Bonchev–Trinajstić information content (AvgIpc) is 2.95. The first kappa shape index (κ1) is 16.0. The summed E-state index contributed by atoms with van der Waals surface area (Å²) in [5, 5.41) is 0. The van der Waals surface area contributed by atoms with Gasteiger partial charge in [0.05, 0.1) is 6.61 Å². The molecule has 1 fully saturated rings. The topological polar surface area (TPSA) is 47.9 Å². The predicted molar refractivity (Wildman–Crippen MR) is 86.4 cm³/mol. The average molecular weight is 299 g/mol. The quantitative estimate of drug-likeness (QED) is 0.614. The molecule has 2 rings (SSSR count). The summed E-state index contributed by atoms with van der Waals surface area (Å²) in [6.45, 7) is 8.54. The molecule has 0 radical (unpaired) electrons. The van der Waals surface area contributed by atoms with Crippen LogP contribution in [0.4, 0.5) is 0 Å². The summed E-state index contributed by atoms with van der Waals surface area (Å²) in [4.78, 5) is 16.7. The van der Waals surface area contributed by atoms with Crippen LogP contribution >= 0.6 is 0 Å². The molecule has 1 aromatic carbocycles. The van der Waals surface area contributed by atoms with E-state index in [2.05, 4.69) is 11.6 Å². The fourth-order valence-corrected chi connectivity index (χ4v) is 1.97. The number of carbonyl (C=O) groups is 1. The minimum atomic E-state index is -0.431. The first-order chi connectivity index (χ1) is 10.6. The summed E-state index contributed by atoms with van der Waals surface area (Å²) in [6.07, 6.45) is 1.47. The highest BCUT2D eigenvalue weighted by atomic mass is 16.5. The van der Waals surface area contributed by atoms with Crippen molar-refractivity contribution in [1.29, 1.82) is 0 Å². The van der Waals surface area contributed by atoms with Gasteiger partial charge in [-0.05, 0) is 24.5 Å². The monoisotopic (exact) mass is 299 g/mol. The van der Waals surface area contributed by atoms with Crippen molar-refractivity contribution in [2.45, 2.75) is 33.3 Å². The smallest absolute Gasteiger partial charge is 0.357 e. The zero-order valence-corrected chi connectivity index (χ0v) is 13.1. The molecule has 1 aromatic rings. The molecule has 1 saturated heterocycles. The predicted octanol–water partition coefficient (Wildman–Crippen LogP) is 3.79. The van der Waals surface area contributed by atoms with E-state index in [4.69, 9.17) is 9.47 Å². The third kappa shape index (κ3) is 4.07. The molecule has 22 heavy (non-hydrogen) atoms. The van der Waals surface area contributed by atoms with Gasteiger partial charge in [0, 0.05) is 12.0 Å². The van der Waals surface area contributed by atoms with Crippen molar-refractivity contribution < 1.29 is 14.3 Å². The van der Waals surface area contributed by atoms with Crippen LogP contribution in [0.15, 0.2) is 58.7 Å². The molecule has 4 heteroatoms. The third-order valence-corrected chi connectivity index (χ3v) is 3.50. The van der Waals surface area contributed by atoms with Gasteiger partial charge < -0.3 is 9.47 Å². The Morgan fingerprint density at radius 3 is 2.68 bits per heavy atom. The molecule has 0 atom stereocenters. The fraction of sp³-hybridized carbons (Fsp3) is 0.333. The Balaban J connectivity index is 2.12. The van der Waals surface area contributed by atoms with Crippen LogP contribution in [-0.2, 0) is 20.9 Å². The molecule has 0 spiro atoms. The van der Waals surface area contributed by atoms with E-state index in [0.717, 1.165) is 29.6 Å². The number of esters is 1. The van der Waals surface area contributed by atoms with Crippen molar-refractivity contribution >= 4 is 11.9 Å². The summed E-state index contributed by atoms with van der Waals surface area (Å²) in [5.74, 6) is 0.0125. The lowest BCUT2D eigenvalue weighted by Crippen LogP contribution is -2.11. The molecule has 0 bridgehead atoms. The lowest BCUT2D eigenvalue weighted by molar-refractivity contribution is -0.140. The van der Waals surface area contributed by atoms with Gasteiger partial charge in [0.15, 0.2) is 5.70 Å². The van der Waals surface area contributed by atoms with Crippen molar-refractivity contribution in [2.24, 2.45) is 4.99 Å². The van der Waals surface area contributed by atoms with Gasteiger partial charge in [0.1, 0.15) is 6.61 Å². The van der Waals surface area contributed by atoms with Gasteiger partial charge in [-0.3, -0.25) is 0 Å². The van der Waals surface area contributed by atoms with E-state index < -0.39 is 5.97 Å². The number of nitrogens with zero attached hydrogens (tertiary/aromatic N) is 1. The maximum Gasteiger partial charge on any atom is 0.357 e. The van der Waals surface area contributed by atoms with Gasteiger partial charge in [-0.15, -0.1) is 0 Å². The van der Waals surface area contributed by atoms with E-state index in [-0.39, 0.29) is 6.61 Å². The lowest BCUT2D eigenvalue weighted by atomic mass is 10.2. The molecule has 0 N–H and O–H groups in total. The third-order valence-electron chi connectivity index (χ3n) is 3.50. The molecule has 1 aliphatic rings. The normalized spacial score (nSPS) is 17.2. The Kier molecular flexibility index (Phi) is 5.53. The number of hydrogen-bond donors (Lipinski definition) is 0. The van der Waals surface area contributed by atoms with Gasteiger partial charge in [-0.1, -0.05) is 43.8 Å². The number of aliphatic imine (C=N–C) groups is 1. The van der Waals surface area contributed by atoms with Gasteiger partial charge >= 0.3 is 5.97 Å². The molecule has 1 aliphatic heterocycles. The SMILES string of the molecule is C=C1CCO/C1=N/C(C(=O)OCc1ccccc1)=C(\C)CC. The molecule has 0 saturated carbocycles. The number of benzene rings is 1. The largest absolute Gasteiger partial charge is 0.477 e. The first-order valence-corrected chi connectivity index (χ1v) is 7.42. The Morgan fingerprint density at radius 1 is 1.36 bits per heavy atom. The fourth-order valence-electron chi connectivity index (χ4n) is 1.97. The summed E-state index contributed by atoms with van der Waals surface area (Å²) >= 11 is 0. The molecular formula is C18H21NO3. The summed E-state index contributed by atoms with van der Waals surface area (Å²) < 4.78 is 10.8. The second-order valence-corrected chi connectivity index (χ2v) is 5.16. The van der Waals surface area contributed by atoms with Crippen LogP contribution in [0.25, 0.3) is 0 Å². The number of ether oxygens (including phenoxy) is 2. The highest BCUT2D eigenvalue weighted by molar-refractivity contribution is 5.99. The molecule has 116 valence electrons. The van der Waals surface area contributed by atoms with E-state index in [1.54, 1.807) is 0 Å². The number of carbonyl (C=O) groups excluding carboxylic acids is 1. The Morgan fingerprint density at radius 2 is 2.09 bits per heavy atom. The van der Waals surface area contributed by atoms with E-state index in [0.29, 0.717) is 18.2 Å². The number of hydrogen-bond acceptors (Lipinski definition) is 4. The van der Waals surface area contributed by atoms with Crippen molar-refractivity contribution in [3.63, 3.8) is 0 Å². The number of rotatable bonds is 5. The van der Waals surface area contributed by atoms with Crippen LogP contribution in [0, 0.1) is 0 Å². The summed E-state index contributed by atoms with van der Waals surface area (Å²) in [5.41, 5.74) is 2.95. The van der Waals surface area contributed by atoms with E-state index >= 15 is 0 Å². The number of allylic oxidation sites excluding steroid dienone is 1. The first-order valence-electron chi connectivity index (χ1n) is 7.42. The Hall–Kier alpha value is -2.36. The van der Waals surface area contributed by atoms with Crippen LogP contribution in [0.5, 0.6) is 0 Å². The molecule has 0 amide bonds. The highest BCUT2D eigenvalue weighted by Gasteiger charge is 2.20. The maximum atomic E-state index is 12.3. The van der Waals surface area contributed by atoms with Crippen LogP contribution in [0.2, 0.25) is 0 Å². The standard InChI is InChI=1S/C18H21NO3/c1-4-13(2)16(19-17-14(3)10-11-21-17)18(20)22-12-15-8-6-5-7-9-15/h5-9H,3-4,10-12H2,1-2H3/b16-13+,19-17+. The second-order valence-electron chi connectivity index (χ2n) is 5.16. The van der Waals surface area contributed by atoms with Gasteiger partial charge in [-0.2, -0.15) is 0 Å². The zero-order valence-electron chi connectivity index (χ0n) is 13.1. The molecular weight excluding hydrogens is 278 g/mol. The maximum absolute atomic E-state index is 12.3. The Labute approximate surface area is 131 Å². The molecule has 4 nitrogen and oxygen atoms in total. The van der Waals surface area contributed by atoms with Crippen LogP contribution in [-0.4, -0.2) is 18.5 Å². The lowest BCUT2D eigenvalue weighted by Gasteiger charge is -2.09. The molecule has 0 unspecified atom stereocenters. The minimum Gasteiger partial charge on any atom is -0.477 e. The molecule has 0 aliphatic carbocycles. The summed E-state index contributed by atoms with van der Waals surface area (Å²) in [6, 6.07) is 9.57. The van der Waals surface area contributed by atoms with E-state index in [9.17, 15) is 4.79 Å². The van der Waals surface area contributed by atoms with Crippen molar-refractivity contribution in [3.05, 3.63) is 59.3 Å². The molecule has 1 heterocycles. The van der Waals surface area contributed by atoms with Crippen LogP contribution < -0.4 is 0 Å². The zero-order chi connectivity index (χ0) is 15.9. The van der Waals surface area contributed by atoms with E-state index in [1.165, 1.54) is 0 Å². The van der Waals surface area contributed by atoms with Crippen molar-refractivity contribution in [2.75, 3.05) is 6.61 Å².